The molecule has 1 heterocycles. The lowest BCUT2D eigenvalue weighted by atomic mass is 10.2. The highest BCUT2D eigenvalue weighted by atomic mass is 32.1. The topological polar surface area (TPSA) is 32.3 Å². The average molecular weight is 234 g/mol. The first-order valence-corrected chi connectivity index (χ1v) is 5.75. The first-order valence-electron chi connectivity index (χ1n) is 5.34. The minimum atomic E-state index is -0.172. The van der Waals surface area contributed by atoms with Gasteiger partial charge in [0.25, 0.3) is 5.91 Å². The molecule has 1 N–H and O–H groups in total. The van der Waals surface area contributed by atoms with Gasteiger partial charge in [0.15, 0.2) is 5.11 Å². The fourth-order valence-electron chi connectivity index (χ4n) is 1.75. The third-order valence-corrected chi connectivity index (χ3v) is 3.02. The van der Waals surface area contributed by atoms with Crippen molar-refractivity contribution < 1.29 is 4.79 Å². The number of nitrogens with zero attached hydrogens (tertiary/aromatic N) is 1. The van der Waals surface area contributed by atoms with E-state index in [1.165, 1.54) is 5.56 Å². The molecule has 1 fully saturated rings. The van der Waals surface area contributed by atoms with E-state index in [9.17, 15) is 4.79 Å². The first-order chi connectivity index (χ1) is 7.63. The summed E-state index contributed by atoms with van der Waals surface area (Å²) in [4.78, 5) is 13.6. The quantitative estimate of drug-likeness (QED) is 0.794. The molecule has 1 amide bonds. The van der Waals surface area contributed by atoms with Crippen LogP contribution in [-0.2, 0) is 4.79 Å². The van der Waals surface area contributed by atoms with Crippen LogP contribution in [0.25, 0.3) is 0 Å². The zero-order valence-corrected chi connectivity index (χ0v) is 10.2. The van der Waals surface area contributed by atoms with Crippen molar-refractivity contribution in [3.05, 3.63) is 29.8 Å². The number of rotatable bonds is 2. The molecule has 0 aromatic heterocycles. The van der Waals surface area contributed by atoms with Gasteiger partial charge in [0.05, 0.1) is 5.69 Å². The zero-order valence-electron chi connectivity index (χ0n) is 9.36. The third-order valence-electron chi connectivity index (χ3n) is 2.72. The molecule has 1 aliphatic heterocycles. The lowest BCUT2D eigenvalue weighted by molar-refractivity contribution is -0.118. The summed E-state index contributed by atoms with van der Waals surface area (Å²) < 4.78 is 0. The minimum Gasteiger partial charge on any atom is -0.350 e. The number of nitrogens with one attached hydrogen (secondary N) is 1. The van der Waals surface area contributed by atoms with Crippen molar-refractivity contribution in [1.82, 2.24) is 5.32 Å². The van der Waals surface area contributed by atoms with Crippen LogP contribution in [0.1, 0.15) is 18.9 Å². The predicted molar refractivity (Wildman–Crippen MR) is 68.5 cm³/mol. The molecule has 1 aromatic carbocycles. The van der Waals surface area contributed by atoms with Crippen LogP contribution in [0.2, 0.25) is 0 Å². The Morgan fingerprint density at radius 3 is 2.50 bits per heavy atom. The summed E-state index contributed by atoms with van der Waals surface area (Å²) in [6.07, 6.45) is 0.751. The van der Waals surface area contributed by atoms with Gasteiger partial charge in [0.2, 0.25) is 0 Å². The Bertz CT molecular complexity index is 427. The number of aryl methyl sites for hydroxylation is 1. The summed E-state index contributed by atoms with van der Waals surface area (Å²) in [6, 6.07) is 7.61. The standard InChI is InChI=1S/C12H14N2OS/c1-3-10-11(15)14(12(16)13-10)9-6-4-8(2)5-7-9/h4-7,10H,3H2,1-2H3,(H,13,16). The van der Waals surface area contributed by atoms with Gasteiger partial charge in [-0.15, -0.1) is 0 Å². The second-order valence-corrected chi connectivity index (χ2v) is 4.31. The van der Waals surface area contributed by atoms with Gasteiger partial charge in [-0.1, -0.05) is 24.6 Å². The van der Waals surface area contributed by atoms with E-state index in [1.54, 1.807) is 4.90 Å². The third kappa shape index (κ3) is 1.80. The summed E-state index contributed by atoms with van der Waals surface area (Å²) in [5, 5.41) is 3.52. The zero-order chi connectivity index (χ0) is 11.7. The Morgan fingerprint density at radius 2 is 2.00 bits per heavy atom. The molecule has 84 valence electrons. The van der Waals surface area contributed by atoms with Crippen molar-refractivity contribution in [1.29, 1.82) is 0 Å². The maximum Gasteiger partial charge on any atom is 0.255 e. The molecule has 1 saturated heterocycles. The fourth-order valence-corrected chi connectivity index (χ4v) is 2.08. The molecule has 1 unspecified atom stereocenters. The van der Waals surface area contributed by atoms with Crippen LogP contribution in [0.15, 0.2) is 24.3 Å². The van der Waals surface area contributed by atoms with Crippen molar-refractivity contribution in [3.63, 3.8) is 0 Å². The van der Waals surface area contributed by atoms with Crippen LogP contribution in [0.5, 0.6) is 0 Å². The number of hydrogen-bond donors (Lipinski definition) is 1. The highest BCUT2D eigenvalue weighted by Gasteiger charge is 2.34. The van der Waals surface area contributed by atoms with E-state index in [0.717, 1.165) is 12.1 Å². The van der Waals surface area contributed by atoms with E-state index in [1.807, 2.05) is 38.1 Å². The van der Waals surface area contributed by atoms with E-state index >= 15 is 0 Å². The summed E-state index contributed by atoms with van der Waals surface area (Å²) in [7, 11) is 0. The number of carbonyl (C=O) groups excluding carboxylic acids is 1. The van der Waals surface area contributed by atoms with E-state index < -0.39 is 0 Å². The lowest BCUT2D eigenvalue weighted by Gasteiger charge is -2.14. The number of benzene rings is 1. The Labute approximate surface area is 100 Å². The molecule has 1 aliphatic rings. The van der Waals surface area contributed by atoms with Crippen LogP contribution >= 0.6 is 12.2 Å². The van der Waals surface area contributed by atoms with Gasteiger partial charge in [-0.05, 0) is 37.7 Å². The second-order valence-electron chi connectivity index (χ2n) is 3.92. The predicted octanol–water partition coefficient (Wildman–Crippen LogP) is 1.99. The van der Waals surface area contributed by atoms with Gasteiger partial charge in [-0.2, -0.15) is 0 Å². The van der Waals surface area contributed by atoms with Gasteiger partial charge in [-0.25, -0.2) is 0 Å². The highest BCUT2D eigenvalue weighted by molar-refractivity contribution is 7.80. The van der Waals surface area contributed by atoms with E-state index in [-0.39, 0.29) is 11.9 Å². The Morgan fingerprint density at radius 1 is 1.38 bits per heavy atom. The van der Waals surface area contributed by atoms with Gasteiger partial charge in [0.1, 0.15) is 6.04 Å². The van der Waals surface area contributed by atoms with E-state index in [4.69, 9.17) is 12.2 Å². The Hall–Kier alpha value is -1.42. The monoisotopic (exact) mass is 234 g/mol. The van der Waals surface area contributed by atoms with Crippen LogP contribution in [0, 0.1) is 6.92 Å². The molecule has 0 radical (unpaired) electrons. The minimum absolute atomic E-state index is 0.0383. The molecule has 0 bridgehead atoms. The smallest absolute Gasteiger partial charge is 0.255 e. The largest absolute Gasteiger partial charge is 0.350 e. The number of amides is 1. The van der Waals surface area contributed by atoms with Crippen molar-refractivity contribution >= 4 is 28.9 Å². The van der Waals surface area contributed by atoms with Crippen molar-refractivity contribution in [2.75, 3.05) is 4.90 Å². The number of anilines is 1. The fraction of sp³-hybridized carbons (Fsp3) is 0.333. The van der Waals surface area contributed by atoms with Crippen LogP contribution < -0.4 is 10.2 Å². The lowest BCUT2D eigenvalue weighted by Crippen LogP contribution is -2.30. The number of hydrogen-bond acceptors (Lipinski definition) is 2. The van der Waals surface area contributed by atoms with Crippen LogP contribution in [0.3, 0.4) is 0 Å². The Balaban J connectivity index is 2.31. The summed E-state index contributed by atoms with van der Waals surface area (Å²) in [5.41, 5.74) is 2.00. The van der Waals surface area contributed by atoms with E-state index in [2.05, 4.69) is 5.32 Å². The van der Waals surface area contributed by atoms with Gasteiger partial charge in [-0.3, -0.25) is 9.69 Å². The Kier molecular flexibility index (Phi) is 2.92. The summed E-state index contributed by atoms with van der Waals surface area (Å²) in [5.74, 6) is 0.0383. The maximum atomic E-state index is 12.0. The molecule has 0 saturated carbocycles. The molecule has 3 nitrogen and oxygen atoms in total. The van der Waals surface area contributed by atoms with Crippen molar-refractivity contribution in [3.8, 4) is 0 Å². The molecule has 2 rings (SSSR count). The van der Waals surface area contributed by atoms with Gasteiger partial charge < -0.3 is 5.32 Å². The SMILES string of the molecule is CCC1NC(=S)N(c2ccc(C)cc2)C1=O. The summed E-state index contributed by atoms with van der Waals surface area (Å²) >= 11 is 5.17. The van der Waals surface area contributed by atoms with Gasteiger partial charge in [0, 0.05) is 0 Å². The van der Waals surface area contributed by atoms with Crippen LogP contribution in [-0.4, -0.2) is 17.1 Å². The number of carbonyl (C=O) groups is 1. The molecule has 0 spiro atoms. The van der Waals surface area contributed by atoms with Crippen LogP contribution in [0.4, 0.5) is 5.69 Å². The van der Waals surface area contributed by atoms with Gasteiger partial charge >= 0.3 is 0 Å². The molecule has 1 aromatic rings. The van der Waals surface area contributed by atoms with E-state index in [0.29, 0.717) is 5.11 Å². The average Bonchev–Trinajstić information content (AvgIpc) is 2.56. The molecule has 1 atom stereocenters. The normalized spacial score (nSPS) is 20.1. The molecule has 4 heteroatoms. The molecule has 16 heavy (non-hydrogen) atoms. The highest BCUT2D eigenvalue weighted by Crippen LogP contribution is 2.20. The molecular weight excluding hydrogens is 220 g/mol. The second kappa shape index (κ2) is 4.22. The maximum absolute atomic E-state index is 12.0. The van der Waals surface area contributed by atoms with Crippen molar-refractivity contribution in [2.45, 2.75) is 26.3 Å². The summed E-state index contributed by atoms with van der Waals surface area (Å²) in [6.45, 7) is 3.98. The van der Waals surface area contributed by atoms with Crippen molar-refractivity contribution in [2.24, 2.45) is 0 Å². The molecule has 0 aliphatic carbocycles. The number of thiocarbonyl (C=S) groups is 1. The molecular formula is C12H14N2OS. The first kappa shape index (κ1) is 11.1.